The predicted molar refractivity (Wildman–Crippen MR) is 122 cm³/mol. The minimum atomic E-state index is -0.757. The third kappa shape index (κ3) is 7.31. The number of furan rings is 1. The van der Waals surface area contributed by atoms with Gasteiger partial charge in [0.1, 0.15) is 11.1 Å². The summed E-state index contributed by atoms with van der Waals surface area (Å²) in [7, 11) is 0. The molecule has 0 aliphatic carbocycles. The molecule has 3 aromatic rings. The van der Waals surface area contributed by atoms with Crippen LogP contribution in [0.5, 0.6) is 0 Å². The van der Waals surface area contributed by atoms with Crippen molar-refractivity contribution in [2.75, 3.05) is 6.61 Å². The number of carboxylic acid groups (broad SMARTS) is 1. The fourth-order valence-electron chi connectivity index (χ4n) is 3.00. The van der Waals surface area contributed by atoms with Crippen LogP contribution in [0.2, 0.25) is 0 Å². The molecule has 0 aliphatic rings. The largest absolute Gasteiger partial charge is 0.481 e. The van der Waals surface area contributed by atoms with Crippen LogP contribution in [0.4, 0.5) is 0 Å². The number of ketones is 1. The lowest BCUT2D eigenvalue weighted by molar-refractivity contribution is -0.137. The standard InChI is InChI=1S/C18H16N2O3.C6H12O3/c1-2-6-13(21)9-10-14-15-17(22)19-11-20-18(15)23-16(14)12-7-4-3-5-8-12;7-5-3-1-2-4-6(8)9/h3-5,7-11H,2,6H2,1H3,(H,19,20,22);7H,1-5H2,(H,8,9)/b10-9+;. The van der Waals surface area contributed by atoms with Crippen molar-refractivity contribution in [3.05, 3.63) is 58.7 Å². The van der Waals surface area contributed by atoms with Crippen molar-refractivity contribution in [1.82, 2.24) is 9.97 Å². The molecule has 0 aliphatic heterocycles. The average Bonchev–Trinajstić information content (AvgIpc) is 3.16. The summed E-state index contributed by atoms with van der Waals surface area (Å²) >= 11 is 0. The molecule has 8 nitrogen and oxygen atoms in total. The van der Waals surface area contributed by atoms with Crippen LogP contribution >= 0.6 is 0 Å². The van der Waals surface area contributed by atoms with Gasteiger partial charge in [-0.2, -0.15) is 0 Å². The van der Waals surface area contributed by atoms with Gasteiger partial charge in [-0.05, 0) is 31.4 Å². The number of carboxylic acids is 1. The van der Waals surface area contributed by atoms with E-state index < -0.39 is 5.97 Å². The van der Waals surface area contributed by atoms with Crippen LogP contribution in [-0.2, 0) is 9.59 Å². The number of H-pyrrole nitrogens is 1. The van der Waals surface area contributed by atoms with E-state index in [9.17, 15) is 14.4 Å². The third-order valence-electron chi connectivity index (χ3n) is 4.55. The molecule has 8 heteroatoms. The van der Waals surface area contributed by atoms with Crippen molar-refractivity contribution in [2.24, 2.45) is 0 Å². The fourth-order valence-corrected chi connectivity index (χ4v) is 3.00. The first-order valence-corrected chi connectivity index (χ1v) is 10.6. The van der Waals surface area contributed by atoms with Gasteiger partial charge in [0.15, 0.2) is 5.78 Å². The molecule has 0 amide bonds. The van der Waals surface area contributed by atoms with Crippen molar-refractivity contribution in [3.8, 4) is 11.3 Å². The van der Waals surface area contributed by atoms with Crippen molar-refractivity contribution in [2.45, 2.75) is 45.4 Å². The van der Waals surface area contributed by atoms with Crippen molar-refractivity contribution in [3.63, 3.8) is 0 Å². The molecule has 0 radical (unpaired) electrons. The number of aliphatic carboxylic acids is 1. The molecule has 3 rings (SSSR count). The van der Waals surface area contributed by atoms with Gasteiger partial charge in [-0.1, -0.05) is 43.7 Å². The Bertz CT molecular complexity index is 1100. The van der Waals surface area contributed by atoms with Crippen molar-refractivity contribution < 1.29 is 24.2 Å². The maximum absolute atomic E-state index is 12.1. The van der Waals surface area contributed by atoms with E-state index in [0.717, 1.165) is 18.4 Å². The number of benzene rings is 1. The number of carbonyl (C=O) groups is 2. The number of aliphatic hydroxyl groups excluding tert-OH is 1. The second-order valence-electron chi connectivity index (χ2n) is 7.10. The fraction of sp³-hybridized carbons (Fsp3) is 0.333. The number of carbonyl (C=O) groups excluding carboxylic acids is 1. The zero-order valence-corrected chi connectivity index (χ0v) is 18.0. The highest BCUT2D eigenvalue weighted by molar-refractivity contribution is 5.99. The summed E-state index contributed by atoms with van der Waals surface area (Å²) in [4.78, 5) is 40.4. The highest BCUT2D eigenvalue weighted by Crippen LogP contribution is 2.31. The molecule has 3 N–H and O–H groups in total. The van der Waals surface area contributed by atoms with E-state index in [1.54, 1.807) is 6.08 Å². The van der Waals surface area contributed by atoms with E-state index in [0.29, 0.717) is 36.0 Å². The average molecular weight is 440 g/mol. The molecule has 0 spiro atoms. The van der Waals surface area contributed by atoms with Gasteiger partial charge in [0.2, 0.25) is 5.71 Å². The molecule has 170 valence electrons. The first-order chi connectivity index (χ1) is 15.5. The summed E-state index contributed by atoms with van der Waals surface area (Å²) in [6.07, 6.45) is 8.12. The van der Waals surface area contributed by atoms with Gasteiger partial charge in [0.25, 0.3) is 5.56 Å². The summed E-state index contributed by atoms with van der Waals surface area (Å²) in [5.74, 6) is -0.209. The van der Waals surface area contributed by atoms with E-state index in [2.05, 4.69) is 9.97 Å². The first kappa shape index (κ1) is 24.7. The maximum Gasteiger partial charge on any atom is 0.303 e. The number of fused-ring (bicyclic) bond motifs is 1. The summed E-state index contributed by atoms with van der Waals surface area (Å²) < 4.78 is 5.76. The highest BCUT2D eigenvalue weighted by Gasteiger charge is 2.17. The van der Waals surface area contributed by atoms with Crippen molar-refractivity contribution >= 4 is 28.9 Å². The molecule has 32 heavy (non-hydrogen) atoms. The van der Waals surface area contributed by atoms with Gasteiger partial charge in [0.05, 0.1) is 6.33 Å². The topological polar surface area (TPSA) is 133 Å². The minimum absolute atomic E-state index is 0.0150. The lowest BCUT2D eigenvalue weighted by Gasteiger charge is -1.98. The maximum atomic E-state index is 12.1. The quantitative estimate of drug-likeness (QED) is 0.318. The van der Waals surface area contributed by atoms with Gasteiger partial charge in [0, 0.05) is 30.6 Å². The van der Waals surface area contributed by atoms with E-state index >= 15 is 0 Å². The molecule has 1 aromatic carbocycles. The van der Waals surface area contributed by atoms with E-state index in [-0.39, 0.29) is 30.1 Å². The summed E-state index contributed by atoms with van der Waals surface area (Å²) in [5.41, 5.74) is 1.37. The molecular formula is C24H28N2O6. The number of aromatic amines is 1. The summed E-state index contributed by atoms with van der Waals surface area (Å²) in [5, 5.41) is 16.8. The molecule has 2 heterocycles. The number of rotatable bonds is 10. The number of hydrogen-bond donors (Lipinski definition) is 3. The zero-order valence-electron chi connectivity index (χ0n) is 18.0. The Morgan fingerprint density at radius 3 is 2.53 bits per heavy atom. The van der Waals surface area contributed by atoms with Crippen LogP contribution in [0.1, 0.15) is 51.0 Å². The Balaban J connectivity index is 0.000000344. The molecule has 0 saturated heterocycles. The number of nitrogens with zero attached hydrogens (tertiary/aromatic N) is 1. The summed E-state index contributed by atoms with van der Waals surface area (Å²) in [6.45, 7) is 2.11. The normalized spacial score (nSPS) is 10.8. The second kappa shape index (κ2) is 13.0. The van der Waals surface area contributed by atoms with Crippen LogP contribution in [0.15, 0.2) is 51.9 Å². The van der Waals surface area contributed by atoms with E-state index in [1.165, 1.54) is 12.4 Å². The number of nitrogens with one attached hydrogen (secondary N) is 1. The molecule has 0 bridgehead atoms. The van der Waals surface area contributed by atoms with Crippen LogP contribution in [0, 0.1) is 0 Å². The van der Waals surface area contributed by atoms with Gasteiger partial charge < -0.3 is 19.6 Å². The first-order valence-electron chi connectivity index (χ1n) is 10.6. The number of allylic oxidation sites excluding steroid dienone is 1. The lowest BCUT2D eigenvalue weighted by atomic mass is 10.1. The molecule has 0 atom stereocenters. The monoisotopic (exact) mass is 440 g/mol. The number of unbranched alkanes of at least 4 members (excludes halogenated alkanes) is 2. The van der Waals surface area contributed by atoms with Gasteiger partial charge in [-0.3, -0.25) is 14.4 Å². The Kier molecular flexibility index (Phi) is 10.1. The second-order valence-corrected chi connectivity index (χ2v) is 7.10. The van der Waals surface area contributed by atoms with Gasteiger partial charge in [-0.15, -0.1) is 0 Å². The Morgan fingerprint density at radius 1 is 1.12 bits per heavy atom. The van der Waals surface area contributed by atoms with Gasteiger partial charge in [-0.25, -0.2) is 4.98 Å². The van der Waals surface area contributed by atoms with Crippen molar-refractivity contribution in [1.29, 1.82) is 0 Å². The molecular weight excluding hydrogens is 412 g/mol. The van der Waals surface area contributed by atoms with E-state index in [4.69, 9.17) is 14.6 Å². The van der Waals surface area contributed by atoms with Crippen LogP contribution in [0.25, 0.3) is 28.5 Å². The van der Waals surface area contributed by atoms with Crippen LogP contribution in [0.3, 0.4) is 0 Å². The smallest absolute Gasteiger partial charge is 0.303 e. The SMILES string of the molecule is CCCC(=O)/C=C/c1c(-c2ccccc2)oc2nc[nH]c(=O)c12.O=C(O)CCCCCO. The number of aromatic nitrogens is 2. The summed E-state index contributed by atoms with van der Waals surface area (Å²) in [6, 6.07) is 9.44. The van der Waals surface area contributed by atoms with E-state index in [1.807, 2.05) is 37.3 Å². The Labute approximate surface area is 185 Å². The molecule has 0 unspecified atom stereocenters. The number of hydrogen-bond acceptors (Lipinski definition) is 6. The molecule has 0 fully saturated rings. The minimum Gasteiger partial charge on any atom is -0.481 e. The van der Waals surface area contributed by atoms with Crippen LogP contribution < -0.4 is 5.56 Å². The lowest BCUT2D eigenvalue weighted by Crippen LogP contribution is -2.05. The highest BCUT2D eigenvalue weighted by atomic mass is 16.4. The Hall–Kier alpha value is -3.52. The van der Waals surface area contributed by atoms with Gasteiger partial charge >= 0.3 is 5.97 Å². The molecule has 2 aromatic heterocycles. The zero-order chi connectivity index (χ0) is 23.3. The predicted octanol–water partition coefficient (Wildman–Crippen LogP) is 4.19. The van der Waals surface area contributed by atoms with Crippen LogP contribution in [-0.4, -0.2) is 38.5 Å². The molecule has 0 saturated carbocycles. The Morgan fingerprint density at radius 2 is 1.88 bits per heavy atom. The number of aliphatic hydroxyl groups is 1. The third-order valence-corrected chi connectivity index (χ3v) is 4.55.